The van der Waals surface area contributed by atoms with Gasteiger partial charge in [0.05, 0.1) is 0 Å². The molecule has 2 aliphatic carbocycles. The summed E-state index contributed by atoms with van der Waals surface area (Å²) in [7, 11) is 1.83. The normalized spacial score (nSPS) is 30.7. The Bertz CT molecular complexity index is 976. The van der Waals surface area contributed by atoms with Crippen LogP contribution < -0.4 is 0 Å². The Balaban J connectivity index is 2.55. The molecule has 1 saturated carbocycles. The summed E-state index contributed by atoms with van der Waals surface area (Å²) in [5.74, 6) is -0.00276. The van der Waals surface area contributed by atoms with Crippen molar-refractivity contribution >= 4 is 5.91 Å². The second kappa shape index (κ2) is 12.8. The Morgan fingerprint density at radius 2 is 1.94 bits per heavy atom. The molecule has 0 aromatic carbocycles. The van der Waals surface area contributed by atoms with E-state index in [1.54, 1.807) is 17.1 Å². The first kappa shape index (κ1) is 27.7. The zero-order chi connectivity index (χ0) is 25.2. The van der Waals surface area contributed by atoms with Gasteiger partial charge < -0.3 is 4.90 Å². The lowest BCUT2D eigenvalue weighted by Gasteiger charge is -2.37. The highest BCUT2D eigenvalue weighted by Gasteiger charge is 2.42. The van der Waals surface area contributed by atoms with E-state index in [0.717, 1.165) is 31.4 Å². The molecule has 2 nitrogen and oxygen atoms in total. The van der Waals surface area contributed by atoms with Crippen LogP contribution in [0.1, 0.15) is 86.5 Å². The first-order valence-corrected chi connectivity index (χ1v) is 13.0. The molecule has 2 rings (SSSR count). The Labute approximate surface area is 208 Å². The summed E-state index contributed by atoms with van der Waals surface area (Å²) >= 11 is 0. The van der Waals surface area contributed by atoms with Crippen molar-refractivity contribution in [2.75, 3.05) is 7.05 Å². The van der Waals surface area contributed by atoms with Crippen molar-refractivity contribution in [2.45, 2.75) is 86.5 Å². The molecule has 0 N–H and O–H groups in total. The van der Waals surface area contributed by atoms with E-state index in [2.05, 4.69) is 76.8 Å². The summed E-state index contributed by atoms with van der Waals surface area (Å²) in [5, 5.41) is 0. The fourth-order valence-electron chi connectivity index (χ4n) is 5.19. The molecule has 0 aromatic heterocycles. The SMILES string of the molecule is C/C=C\C(=O)N(C)/C1=C/C=C=C(C2(C)CCCC(C)(CC)C(=C/C=C\CCC)/C2=C/C)/C=C\C1. The maximum Gasteiger partial charge on any atom is 0.250 e. The van der Waals surface area contributed by atoms with Crippen LogP contribution in [0.2, 0.25) is 0 Å². The zero-order valence-corrected chi connectivity index (χ0v) is 22.6. The van der Waals surface area contributed by atoms with Crippen LogP contribution in [0, 0.1) is 10.8 Å². The smallest absolute Gasteiger partial charge is 0.250 e. The minimum atomic E-state index is -0.100. The first-order valence-electron chi connectivity index (χ1n) is 13.0. The molecular formula is C32H45NO. The highest BCUT2D eigenvalue weighted by molar-refractivity contribution is 5.88. The fraction of sp³-hybridized carbons (Fsp3) is 0.500. The molecule has 2 heteroatoms. The molecule has 2 atom stereocenters. The van der Waals surface area contributed by atoms with E-state index in [4.69, 9.17) is 0 Å². The van der Waals surface area contributed by atoms with E-state index >= 15 is 0 Å². The Morgan fingerprint density at radius 3 is 2.59 bits per heavy atom. The third-order valence-corrected chi connectivity index (χ3v) is 7.65. The van der Waals surface area contributed by atoms with E-state index < -0.39 is 0 Å². The van der Waals surface area contributed by atoms with Crippen molar-refractivity contribution in [3.8, 4) is 0 Å². The first-order chi connectivity index (χ1) is 16.3. The number of rotatable bonds is 7. The maximum atomic E-state index is 12.3. The molecule has 2 unspecified atom stereocenters. The molecule has 1 fully saturated rings. The second-order valence-electron chi connectivity index (χ2n) is 9.99. The van der Waals surface area contributed by atoms with Crippen molar-refractivity contribution in [2.24, 2.45) is 10.8 Å². The minimum absolute atomic E-state index is 0.00276. The average molecular weight is 460 g/mol. The van der Waals surface area contributed by atoms with Gasteiger partial charge in [-0.3, -0.25) is 4.79 Å². The summed E-state index contributed by atoms with van der Waals surface area (Å²) in [5.41, 5.74) is 8.79. The molecule has 0 saturated heterocycles. The molecular weight excluding hydrogens is 414 g/mol. The van der Waals surface area contributed by atoms with Gasteiger partial charge in [0, 0.05) is 30.2 Å². The molecule has 0 aromatic rings. The van der Waals surface area contributed by atoms with Gasteiger partial charge in [-0.2, -0.15) is 0 Å². The number of carbonyl (C=O) groups is 1. The van der Waals surface area contributed by atoms with Crippen LogP contribution in [-0.2, 0) is 4.79 Å². The van der Waals surface area contributed by atoms with Gasteiger partial charge in [0.15, 0.2) is 0 Å². The van der Waals surface area contributed by atoms with E-state index in [1.807, 2.05) is 26.1 Å². The molecule has 34 heavy (non-hydrogen) atoms. The summed E-state index contributed by atoms with van der Waals surface area (Å²) in [6, 6.07) is 0. The number of likely N-dealkylation sites (N-methyl/N-ethyl adjacent to an activating group) is 1. The Kier molecular flexibility index (Phi) is 10.4. The van der Waals surface area contributed by atoms with Crippen LogP contribution in [0.4, 0.5) is 0 Å². The van der Waals surface area contributed by atoms with Crippen molar-refractivity contribution in [1.82, 2.24) is 4.90 Å². The molecule has 0 bridgehead atoms. The van der Waals surface area contributed by atoms with E-state index in [0.29, 0.717) is 0 Å². The number of hydrogen-bond donors (Lipinski definition) is 0. The minimum Gasteiger partial charge on any atom is -0.315 e. The average Bonchev–Trinajstić information content (AvgIpc) is 2.90. The standard InChI is InChI=1S/C32H45NO/c1-8-12-13-14-23-29-28(10-3)32(6,25-17-24-31(29,5)11-4)26-19-15-21-27(22-16-20-26)33(7)30(34)18-9-2/h9-10,13-16,18-19,22-23H,8,11-12,17,21,24-25H2,1-7H3/b14-13-,18-9-,19-15-,27-22+,28-10-,29-23+. The summed E-state index contributed by atoms with van der Waals surface area (Å²) < 4.78 is 0. The van der Waals surface area contributed by atoms with Crippen LogP contribution in [0.15, 0.2) is 88.9 Å². The van der Waals surface area contributed by atoms with Gasteiger partial charge in [-0.15, -0.1) is 5.73 Å². The molecule has 0 spiro atoms. The molecule has 2 aliphatic rings. The second-order valence-corrected chi connectivity index (χ2v) is 9.99. The van der Waals surface area contributed by atoms with Crippen LogP contribution in [-0.4, -0.2) is 17.9 Å². The lowest BCUT2D eigenvalue weighted by atomic mass is 9.66. The van der Waals surface area contributed by atoms with Gasteiger partial charge in [0.25, 0.3) is 0 Å². The van der Waals surface area contributed by atoms with E-state index in [1.165, 1.54) is 36.0 Å². The lowest BCUT2D eigenvalue weighted by molar-refractivity contribution is -0.123. The molecule has 0 radical (unpaired) electrons. The Hall–Kier alpha value is -2.57. The maximum absolute atomic E-state index is 12.3. The van der Waals surface area contributed by atoms with Gasteiger partial charge in [0.1, 0.15) is 0 Å². The number of amides is 1. The number of carbonyl (C=O) groups excluding carboxylic acids is 1. The topological polar surface area (TPSA) is 20.3 Å². The van der Waals surface area contributed by atoms with Crippen LogP contribution >= 0.6 is 0 Å². The highest BCUT2D eigenvalue weighted by atomic mass is 16.2. The van der Waals surface area contributed by atoms with Crippen molar-refractivity contribution in [3.05, 3.63) is 88.9 Å². The lowest BCUT2D eigenvalue weighted by Crippen LogP contribution is -2.26. The van der Waals surface area contributed by atoms with Gasteiger partial charge in [-0.1, -0.05) is 83.1 Å². The van der Waals surface area contributed by atoms with Gasteiger partial charge in [-0.25, -0.2) is 0 Å². The summed E-state index contributed by atoms with van der Waals surface area (Å²) in [6.07, 6.45) is 28.8. The van der Waals surface area contributed by atoms with E-state index in [9.17, 15) is 4.79 Å². The largest absolute Gasteiger partial charge is 0.315 e. The number of allylic oxidation sites excluding steroid dienone is 11. The highest BCUT2D eigenvalue weighted by Crippen LogP contribution is 2.54. The zero-order valence-electron chi connectivity index (χ0n) is 22.6. The Morgan fingerprint density at radius 1 is 1.18 bits per heavy atom. The predicted molar refractivity (Wildman–Crippen MR) is 147 cm³/mol. The fourth-order valence-corrected chi connectivity index (χ4v) is 5.19. The molecule has 0 heterocycles. The molecule has 184 valence electrons. The summed E-state index contributed by atoms with van der Waals surface area (Å²) in [4.78, 5) is 14.0. The summed E-state index contributed by atoms with van der Waals surface area (Å²) in [6.45, 7) is 13.4. The van der Waals surface area contributed by atoms with Crippen molar-refractivity contribution in [1.29, 1.82) is 0 Å². The third kappa shape index (κ3) is 6.30. The number of hydrogen-bond acceptors (Lipinski definition) is 1. The molecule has 0 aliphatic heterocycles. The van der Waals surface area contributed by atoms with Crippen LogP contribution in [0.25, 0.3) is 0 Å². The predicted octanol–water partition coefficient (Wildman–Crippen LogP) is 8.78. The van der Waals surface area contributed by atoms with Gasteiger partial charge in [-0.05, 0) is 74.3 Å². The van der Waals surface area contributed by atoms with Crippen LogP contribution in [0.3, 0.4) is 0 Å². The quantitative estimate of drug-likeness (QED) is 0.212. The van der Waals surface area contributed by atoms with Gasteiger partial charge in [0.2, 0.25) is 5.91 Å². The number of unbranched alkanes of at least 4 members (excludes halogenated alkanes) is 1. The van der Waals surface area contributed by atoms with Gasteiger partial charge >= 0.3 is 0 Å². The van der Waals surface area contributed by atoms with Crippen LogP contribution in [0.5, 0.6) is 0 Å². The van der Waals surface area contributed by atoms with Crippen molar-refractivity contribution < 1.29 is 4.79 Å². The number of nitrogens with zero attached hydrogens (tertiary/aromatic N) is 1. The third-order valence-electron chi connectivity index (χ3n) is 7.65. The monoisotopic (exact) mass is 459 g/mol. The van der Waals surface area contributed by atoms with E-state index in [-0.39, 0.29) is 16.7 Å². The molecule has 1 amide bonds. The van der Waals surface area contributed by atoms with Crippen molar-refractivity contribution in [3.63, 3.8) is 0 Å².